The number of benzene rings is 7. The zero-order chi connectivity index (χ0) is 41.8. The average Bonchev–Trinajstić information content (AvgIpc) is 3.35. The normalized spacial score (nSPS) is 10.9. The van der Waals surface area contributed by atoms with Gasteiger partial charge in [0.1, 0.15) is 0 Å². The van der Waals surface area contributed by atoms with Gasteiger partial charge in [-0.25, -0.2) is 0 Å². The molecule has 0 amide bonds. The Hall–Kier alpha value is -6.40. The minimum atomic E-state index is 0. The van der Waals surface area contributed by atoms with Crippen LogP contribution in [-0.4, -0.2) is 15.0 Å². The van der Waals surface area contributed by atoms with Crippen molar-refractivity contribution in [3.8, 4) is 101 Å². The van der Waals surface area contributed by atoms with E-state index in [0.717, 1.165) is 109 Å². The van der Waals surface area contributed by atoms with Gasteiger partial charge in [0.2, 0.25) is 0 Å². The number of hydrogen-bond acceptors (Lipinski definition) is 3. The van der Waals surface area contributed by atoms with E-state index in [0.29, 0.717) is 0 Å². The van der Waals surface area contributed by atoms with Gasteiger partial charge in [-0.3, -0.25) is 0 Å². The third kappa shape index (κ3) is 8.82. The summed E-state index contributed by atoms with van der Waals surface area (Å²) in [6, 6.07) is 75.8. The smallest absolute Gasteiger partial charge is 0.305 e. The number of rotatable bonds is 9. The van der Waals surface area contributed by atoms with Gasteiger partial charge in [0, 0.05) is 18.6 Å². The molecule has 63 heavy (non-hydrogen) atoms. The standard InChI is InChI=1S/C57H34Br2N3.Ir/c58-53-36-40(56-20-8-11-31-61-56)26-28-51(53)49-17-5-3-15-47(49)43-33-42(46-14-2-1-13-45(46)38-22-24-39(25-23-38)55-19-7-10-30-60-55)34-44(35-43)48-16-4-6-18-50(48)52-29-27-41(37-54(52)59)57-21-9-12-32-62-57;/h1-24,28-37H;/q-3;+3. The molecule has 3 heterocycles. The van der Waals surface area contributed by atoms with Crippen LogP contribution in [0.1, 0.15) is 0 Å². The molecule has 0 bridgehead atoms. The molecule has 0 aliphatic carbocycles. The summed E-state index contributed by atoms with van der Waals surface area (Å²) >= 11 is 7.88. The van der Waals surface area contributed by atoms with E-state index < -0.39 is 0 Å². The van der Waals surface area contributed by atoms with Crippen molar-refractivity contribution < 1.29 is 20.1 Å². The Kier molecular flexibility index (Phi) is 12.6. The maximum absolute atomic E-state index is 4.57. The molecule has 0 unspecified atom stereocenters. The molecule has 300 valence electrons. The van der Waals surface area contributed by atoms with Crippen molar-refractivity contribution in [1.82, 2.24) is 15.0 Å². The first-order valence-corrected chi connectivity index (χ1v) is 21.8. The fourth-order valence-electron chi connectivity index (χ4n) is 7.98. The van der Waals surface area contributed by atoms with E-state index in [1.807, 2.05) is 73.2 Å². The van der Waals surface area contributed by atoms with Crippen molar-refractivity contribution in [2.24, 2.45) is 0 Å². The van der Waals surface area contributed by atoms with Crippen LogP contribution in [0.3, 0.4) is 0 Å². The van der Waals surface area contributed by atoms with Crippen LogP contribution >= 0.6 is 31.9 Å². The van der Waals surface area contributed by atoms with Crippen molar-refractivity contribution in [2.75, 3.05) is 0 Å². The number of halogens is 2. The Balaban J connectivity index is 0.00000504. The molecule has 0 N–H and O–H groups in total. The summed E-state index contributed by atoms with van der Waals surface area (Å²) in [6.07, 6.45) is 5.44. The fourth-order valence-corrected chi connectivity index (χ4v) is 9.09. The number of nitrogens with zero attached hydrogens (tertiary/aromatic N) is 3. The largest absolute Gasteiger partial charge is 3.00 e. The van der Waals surface area contributed by atoms with Crippen molar-refractivity contribution in [3.05, 3.63) is 234 Å². The van der Waals surface area contributed by atoms with Crippen LogP contribution in [0.15, 0.2) is 216 Å². The maximum atomic E-state index is 4.57. The van der Waals surface area contributed by atoms with Gasteiger partial charge in [-0.1, -0.05) is 183 Å². The van der Waals surface area contributed by atoms with Crippen molar-refractivity contribution in [2.45, 2.75) is 0 Å². The van der Waals surface area contributed by atoms with E-state index in [9.17, 15) is 0 Å². The number of pyridine rings is 3. The molecule has 0 radical (unpaired) electrons. The molecule has 0 saturated heterocycles. The van der Waals surface area contributed by atoms with Crippen LogP contribution in [0, 0.1) is 18.2 Å². The summed E-state index contributed by atoms with van der Waals surface area (Å²) in [5.74, 6) is 0. The molecule has 10 aromatic rings. The van der Waals surface area contributed by atoms with Gasteiger partial charge >= 0.3 is 20.1 Å². The molecule has 0 fully saturated rings. The number of hydrogen-bond donors (Lipinski definition) is 0. The molecular formula is C57H34Br2IrN3. The summed E-state index contributed by atoms with van der Waals surface area (Å²) in [7, 11) is 0. The average molecular weight is 1110 g/mol. The third-order valence-corrected chi connectivity index (χ3v) is 12.3. The Morgan fingerprint density at radius 2 is 0.651 bits per heavy atom. The Labute approximate surface area is 398 Å². The molecule has 0 saturated carbocycles. The summed E-state index contributed by atoms with van der Waals surface area (Å²) in [4.78, 5) is 13.7. The van der Waals surface area contributed by atoms with E-state index in [4.69, 9.17) is 0 Å². The van der Waals surface area contributed by atoms with Crippen molar-refractivity contribution in [1.29, 1.82) is 0 Å². The van der Waals surface area contributed by atoms with E-state index in [1.54, 1.807) is 0 Å². The first kappa shape index (κ1) is 41.9. The first-order chi connectivity index (χ1) is 30.6. The van der Waals surface area contributed by atoms with Gasteiger partial charge in [-0.15, -0.1) is 77.4 Å². The second-order valence-corrected chi connectivity index (χ2v) is 16.5. The second kappa shape index (κ2) is 18.9. The third-order valence-electron chi connectivity index (χ3n) is 11.0. The molecular weight excluding hydrogens is 1080 g/mol. The summed E-state index contributed by atoms with van der Waals surface area (Å²) in [5, 5.41) is 0. The molecule has 0 aliphatic heterocycles. The van der Waals surface area contributed by atoms with Crippen LogP contribution in [0.25, 0.3) is 101 Å². The maximum Gasteiger partial charge on any atom is 3.00 e. The summed E-state index contributed by atoms with van der Waals surface area (Å²) < 4.78 is 1.94. The quantitative estimate of drug-likeness (QED) is 0.135. The van der Waals surface area contributed by atoms with Gasteiger partial charge in [0.15, 0.2) is 0 Å². The topological polar surface area (TPSA) is 38.7 Å². The van der Waals surface area contributed by atoms with Gasteiger partial charge < -0.3 is 15.0 Å². The predicted octanol–water partition coefficient (Wildman–Crippen LogP) is 15.8. The first-order valence-electron chi connectivity index (χ1n) is 20.2. The molecule has 3 aromatic heterocycles. The molecule has 7 aromatic carbocycles. The van der Waals surface area contributed by atoms with Gasteiger partial charge in [0.05, 0.1) is 0 Å². The van der Waals surface area contributed by atoms with Gasteiger partial charge in [-0.2, -0.15) is 0 Å². The van der Waals surface area contributed by atoms with Crippen LogP contribution in [0.5, 0.6) is 0 Å². The van der Waals surface area contributed by atoms with Crippen LogP contribution in [0.2, 0.25) is 0 Å². The summed E-state index contributed by atoms with van der Waals surface area (Å²) in [6.45, 7) is 0. The van der Waals surface area contributed by atoms with E-state index in [2.05, 4.69) is 198 Å². The number of aromatic nitrogens is 3. The molecule has 0 aliphatic rings. The summed E-state index contributed by atoms with van der Waals surface area (Å²) in [5.41, 5.74) is 18.5. The van der Waals surface area contributed by atoms with E-state index in [1.165, 1.54) is 0 Å². The Morgan fingerprint density at radius 3 is 1.02 bits per heavy atom. The van der Waals surface area contributed by atoms with Crippen LogP contribution in [-0.2, 0) is 20.1 Å². The van der Waals surface area contributed by atoms with Crippen LogP contribution < -0.4 is 0 Å². The van der Waals surface area contributed by atoms with E-state index in [-0.39, 0.29) is 20.1 Å². The van der Waals surface area contributed by atoms with E-state index >= 15 is 0 Å². The second-order valence-electron chi connectivity index (χ2n) is 14.8. The van der Waals surface area contributed by atoms with Crippen molar-refractivity contribution in [3.63, 3.8) is 0 Å². The van der Waals surface area contributed by atoms with Crippen LogP contribution in [0.4, 0.5) is 0 Å². The Bertz CT molecular complexity index is 3040. The molecule has 0 spiro atoms. The van der Waals surface area contributed by atoms with Gasteiger partial charge in [-0.05, 0) is 86.9 Å². The molecule has 10 rings (SSSR count). The fraction of sp³-hybridized carbons (Fsp3) is 0. The minimum Gasteiger partial charge on any atom is -0.305 e. The Morgan fingerprint density at radius 1 is 0.302 bits per heavy atom. The van der Waals surface area contributed by atoms with Crippen molar-refractivity contribution >= 4 is 31.9 Å². The molecule has 0 atom stereocenters. The zero-order valence-corrected chi connectivity index (χ0v) is 39.1. The van der Waals surface area contributed by atoms with Gasteiger partial charge in [0.25, 0.3) is 0 Å². The predicted molar refractivity (Wildman–Crippen MR) is 261 cm³/mol. The SMILES string of the molecule is Brc1cc(-c2ccccn2)[c-]cc1-c1ccccc1-c1cc(-c2ccccc2-c2c[c-]c(-c3ccccn3)cc2)cc(-c2ccccc2-c2c[c-]c(-c3ccccn3)cc2Br)c1.[Ir+3]. The minimum absolute atomic E-state index is 0. The monoisotopic (exact) mass is 1110 g/mol. The molecule has 3 nitrogen and oxygen atoms in total. The zero-order valence-electron chi connectivity index (χ0n) is 33.6. The molecule has 6 heteroatoms.